The first-order valence-electron chi connectivity index (χ1n) is 11.9. The molecule has 172 valence electrons. The first-order valence-corrected chi connectivity index (χ1v) is 10.9. The van der Waals surface area contributed by atoms with Crippen LogP contribution >= 0.6 is 0 Å². The monoisotopic (exact) mass is 454 g/mol. The summed E-state index contributed by atoms with van der Waals surface area (Å²) in [6.07, 6.45) is 4.68. The number of nitrogens with zero attached hydrogens (tertiary/aromatic N) is 4. The van der Waals surface area contributed by atoms with E-state index in [1.165, 1.54) is 7.11 Å². The van der Waals surface area contributed by atoms with Gasteiger partial charge in [0, 0.05) is 66.2 Å². The highest BCUT2D eigenvalue weighted by atomic mass is 19.3. The lowest BCUT2D eigenvalue weighted by Gasteiger charge is -2.28. The van der Waals surface area contributed by atoms with Gasteiger partial charge in [0.2, 0.25) is 11.8 Å². The zero-order valence-electron chi connectivity index (χ0n) is 20.7. The number of hydrogen-bond acceptors (Lipinski definition) is 5. The van der Waals surface area contributed by atoms with Gasteiger partial charge in [-0.2, -0.15) is 0 Å². The van der Waals surface area contributed by atoms with Crippen molar-refractivity contribution in [3.8, 4) is 28.1 Å². The van der Waals surface area contributed by atoms with E-state index in [9.17, 15) is 8.78 Å². The summed E-state index contributed by atoms with van der Waals surface area (Å²) >= 11 is 0. The number of methoxy groups -OCH3 is 1. The molecule has 0 saturated heterocycles. The van der Waals surface area contributed by atoms with E-state index in [0.29, 0.717) is 33.9 Å². The minimum atomic E-state index is -2.73. The maximum Gasteiger partial charge on any atom is 0.248 e. The molecule has 0 bridgehead atoms. The number of fused-ring (bicyclic) bond motifs is 1. The summed E-state index contributed by atoms with van der Waals surface area (Å²) in [4.78, 5) is 8.99. The number of alkyl halides is 2. The van der Waals surface area contributed by atoms with E-state index < -0.39 is 18.3 Å². The highest BCUT2D eigenvalue weighted by Gasteiger charge is 2.35. The van der Waals surface area contributed by atoms with Gasteiger partial charge < -0.3 is 13.8 Å². The zero-order chi connectivity index (χ0) is 25.0. The predicted molar refractivity (Wildman–Crippen MR) is 121 cm³/mol. The smallest absolute Gasteiger partial charge is 0.248 e. The van der Waals surface area contributed by atoms with Gasteiger partial charge >= 0.3 is 0 Å². The van der Waals surface area contributed by atoms with Crippen LogP contribution < -0.4 is 4.74 Å². The molecule has 0 radical (unpaired) electrons. The van der Waals surface area contributed by atoms with Crippen LogP contribution in [-0.2, 0) is 6.50 Å². The fraction of sp³-hybridized carbons (Fsp3) is 0.400. The minimum Gasteiger partial charge on any atom is -0.481 e. The average Bonchev–Trinajstić information content (AvgIpc) is 3.38. The van der Waals surface area contributed by atoms with Gasteiger partial charge in [0.15, 0.2) is 0 Å². The third-order valence-corrected chi connectivity index (χ3v) is 6.26. The molecule has 4 heterocycles. The van der Waals surface area contributed by atoms with Crippen LogP contribution in [0.5, 0.6) is 5.88 Å². The van der Waals surface area contributed by atoms with Crippen LogP contribution in [0.1, 0.15) is 39.9 Å². The second-order valence-electron chi connectivity index (χ2n) is 8.55. The molecule has 33 heavy (non-hydrogen) atoms. The summed E-state index contributed by atoms with van der Waals surface area (Å²) in [5, 5.41) is 4.03. The Kier molecular flexibility index (Phi) is 4.80. The van der Waals surface area contributed by atoms with E-state index in [2.05, 4.69) is 10.1 Å². The lowest BCUT2D eigenvalue weighted by atomic mass is 9.87. The van der Waals surface area contributed by atoms with E-state index >= 15 is 0 Å². The second-order valence-corrected chi connectivity index (χ2v) is 8.55. The number of aryl methyl sites for hydroxylation is 2. The van der Waals surface area contributed by atoms with Gasteiger partial charge in [0.05, 0.1) is 26.6 Å². The highest BCUT2D eigenvalue weighted by molar-refractivity contribution is 5.94. The quantitative estimate of drug-likeness (QED) is 0.359. The van der Waals surface area contributed by atoms with E-state index in [4.69, 9.17) is 17.0 Å². The maximum atomic E-state index is 13.8. The number of aromatic nitrogens is 4. The molecule has 0 unspecified atom stereocenters. The molecule has 1 aliphatic rings. The van der Waals surface area contributed by atoms with Crippen LogP contribution in [-0.4, -0.2) is 32.7 Å². The Morgan fingerprint density at radius 2 is 1.94 bits per heavy atom. The minimum absolute atomic E-state index is 0.107. The van der Waals surface area contributed by atoms with Crippen molar-refractivity contribution in [3.63, 3.8) is 0 Å². The summed E-state index contributed by atoms with van der Waals surface area (Å²) in [5.74, 6) is -2.19. The van der Waals surface area contributed by atoms with Crippen molar-refractivity contribution in [1.29, 1.82) is 0 Å². The molecule has 1 aliphatic carbocycles. The van der Waals surface area contributed by atoms with Gasteiger partial charge in [-0.05, 0) is 44.7 Å². The summed E-state index contributed by atoms with van der Waals surface area (Å²) in [5.41, 5.74) is 4.87. The van der Waals surface area contributed by atoms with Crippen LogP contribution in [0.3, 0.4) is 0 Å². The first kappa shape index (κ1) is 19.2. The molecule has 0 aliphatic heterocycles. The highest BCUT2D eigenvalue weighted by Crippen LogP contribution is 2.39. The number of halogens is 2. The SMILES string of the molecule is [2H]C([2H])(C1CCC(F)(F)CC1)n1cc(-c2ccc(OC)nc2)c2ncc(-c3c(C)noc3C)cc21. The lowest BCUT2D eigenvalue weighted by Crippen LogP contribution is -2.26. The first-order chi connectivity index (χ1) is 16.6. The van der Waals surface area contributed by atoms with Gasteiger partial charge in [-0.25, -0.2) is 13.8 Å². The molecule has 4 aromatic heterocycles. The molecule has 1 saturated carbocycles. The Morgan fingerprint density at radius 3 is 2.58 bits per heavy atom. The Labute approximate surface area is 193 Å². The van der Waals surface area contributed by atoms with E-state index in [1.54, 1.807) is 29.2 Å². The molecule has 1 fully saturated rings. The van der Waals surface area contributed by atoms with Crippen molar-refractivity contribution in [1.82, 2.24) is 19.7 Å². The Hall–Kier alpha value is -3.29. The summed E-state index contributed by atoms with van der Waals surface area (Å²) in [6, 6.07) is 5.44. The topological polar surface area (TPSA) is 66.0 Å². The third kappa shape index (κ3) is 4.10. The van der Waals surface area contributed by atoms with Crippen LogP contribution in [0.15, 0.2) is 41.3 Å². The Morgan fingerprint density at radius 1 is 1.18 bits per heavy atom. The fourth-order valence-electron chi connectivity index (χ4n) is 4.48. The largest absolute Gasteiger partial charge is 0.481 e. The van der Waals surface area contributed by atoms with Crippen LogP contribution in [0.25, 0.3) is 33.3 Å². The number of pyridine rings is 2. The fourth-order valence-corrected chi connectivity index (χ4v) is 4.48. The van der Waals surface area contributed by atoms with Crippen molar-refractivity contribution in [2.75, 3.05) is 7.11 Å². The standard InChI is InChI=1S/C25H26F2N4O2/c1-15-23(16(2)33-30-15)19-10-21-24(29-12-19)20(18-4-5-22(32-3)28-11-18)14-31(21)13-17-6-8-25(26,27)9-7-17/h4-5,10-12,14,17H,6-9,13H2,1-3H3/i13D2. The molecular weight excluding hydrogens is 426 g/mol. The average molecular weight is 455 g/mol. The van der Waals surface area contributed by atoms with Crippen LogP contribution in [0.4, 0.5) is 8.78 Å². The molecule has 0 atom stereocenters. The summed E-state index contributed by atoms with van der Waals surface area (Å²) in [7, 11) is 1.54. The van der Waals surface area contributed by atoms with Gasteiger partial charge in [-0.15, -0.1) is 0 Å². The van der Waals surface area contributed by atoms with Gasteiger partial charge in [-0.1, -0.05) is 5.16 Å². The third-order valence-electron chi connectivity index (χ3n) is 6.26. The van der Waals surface area contributed by atoms with Crippen molar-refractivity contribution >= 4 is 11.0 Å². The van der Waals surface area contributed by atoms with Crippen LogP contribution in [0.2, 0.25) is 0 Å². The molecule has 4 aromatic rings. The van der Waals surface area contributed by atoms with E-state index in [-0.39, 0.29) is 25.7 Å². The number of hydrogen-bond donors (Lipinski definition) is 0. The van der Waals surface area contributed by atoms with Gasteiger partial charge in [0.1, 0.15) is 5.76 Å². The molecule has 6 nitrogen and oxygen atoms in total. The van der Waals surface area contributed by atoms with Gasteiger partial charge in [0.25, 0.3) is 0 Å². The Balaban J connectivity index is 1.68. The van der Waals surface area contributed by atoms with Crippen molar-refractivity contribution in [2.24, 2.45) is 5.92 Å². The van der Waals surface area contributed by atoms with Crippen LogP contribution in [0, 0.1) is 19.8 Å². The molecule has 0 amide bonds. The van der Waals surface area contributed by atoms with Crippen molar-refractivity contribution < 1.29 is 20.8 Å². The lowest BCUT2D eigenvalue weighted by molar-refractivity contribution is -0.0472. The molecule has 0 spiro atoms. The molecule has 0 aromatic carbocycles. The summed E-state index contributed by atoms with van der Waals surface area (Å²) < 4.78 is 57.7. The molecule has 5 rings (SSSR count). The summed E-state index contributed by atoms with van der Waals surface area (Å²) in [6.45, 7) is 1.76. The number of rotatable bonds is 5. The predicted octanol–water partition coefficient (Wildman–Crippen LogP) is 6.20. The van der Waals surface area contributed by atoms with Crippen molar-refractivity contribution in [3.05, 3.63) is 48.2 Å². The second kappa shape index (κ2) is 8.24. The molecule has 0 N–H and O–H groups in total. The molecular formula is C25H26F2N4O2. The normalized spacial score (nSPS) is 17.7. The maximum absolute atomic E-state index is 13.8. The molecule has 8 heteroatoms. The van der Waals surface area contributed by atoms with Crippen molar-refractivity contribution in [2.45, 2.75) is 52.0 Å². The van der Waals surface area contributed by atoms with E-state index in [1.807, 2.05) is 26.0 Å². The zero-order valence-corrected chi connectivity index (χ0v) is 18.7. The van der Waals surface area contributed by atoms with E-state index in [0.717, 1.165) is 16.7 Å². The Bertz CT molecular complexity index is 1350. The number of ether oxygens (including phenoxy) is 1. The van der Waals surface area contributed by atoms with Gasteiger partial charge in [-0.3, -0.25) is 4.98 Å².